The minimum Gasteiger partial charge on any atom is -0.382 e. The van der Waals surface area contributed by atoms with Crippen LogP contribution in [0.5, 0.6) is 0 Å². The summed E-state index contributed by atoms with van der Waals surface area (Å²) in [6.07, 6.45) is 4.86. The van der Waals surface area contributed by atoms with Crippen LogP contribution in [0.4, 0.5) is 11.5 Å². The highest BCUT2D eigenvalue weighted by molar-refractivity contribution is 7.90. The van der Waals surface area contributed by atoms with E-state index in [4.69, 9.17) is 5.73 Å². The van der Waals surface area contributed by atoms with Gasteiger partial charge in [0, 0.05) is 11.8 Å². The van der Waals surface area contributed by atoms with E-state index in [-0.39, 0.29) is 22.4 Å². The molecular weight excluding hydrogens is 368 g/mol. The minimum absolute atomic E-state index is 0.0305. The molecule has 0 aliphatic heterocycles. The molecule has 0 atom stereocenters. The van der Waals surface area contributed by atoms with Crippen LogP contribution in [0.25, 0.3) is 11.3 Å². The first-order chi connectivity index (χ1) is 12.7. The second kappa shape index (κ2) is 7.08. The third kappa shape index (κ3) is 4.23. The number of aromatic nitrogens is 4. The number of rotatable bonds is 4. The molecule has 3 N–H and O–H groups in total. The molecule has 2 aromatic heterocycles. The lowest BCUT2D eigenvalue weighted by molar-refractivity contribution is 0.102. The summed E-state index contributed by atoms with van der Waals surface area (Å²) in [5.41, 5.74) is 8.32. The number of nitrogen functional groups attached to an aromatic ring is 1. The molecule has 0 radical (unpaired) electrons. The summed E-state index contributed by atoms with van der Waals surface area (Å²) >= 11 is 0. The zero-order chi connectivity index (χ0) is 19.6. The molecule has 2 heterocycles. The molecule has 0 saturated heterocycles. The highest BCUT2D eigenvalue weighted by atomic mass is 32.2. The van der Waals surface area contributed by atoms with Gasteiger partial charge in [0.25, 0.3) is 5.91 Å². The van der Waals surface area contributed by atoms with Crippen molar-refractivity contribution < 1.29 is 13.2 Å². The first-order valence-electron chi connectivity index (χ1n) is 7.77. The van der Waals surface area contributed by atoms with E-state index >= 15 is 0 Å². The van der Waals surface area contributed by atoms with Crippen molar-refractivity contribution in [1.29, 1.82) is 0 Å². The predicted octanol–water partition coefficient (Wildman–Crippen LogP) is 1.48. The quantitative estimate of drug-likeness (QED) is 0.644. The van der Waals surface area contributed by atoms with E-state index in [2.05, 4.69) is 25.3 Å². The van der Waals surface area contributed by atoms with Gasteiger partial charge < -0.3 is 11.1 Å². The zero-order valence-corrected chi connectivity index (χ0v) is 15.4. The molecule has 138 valence electrons. The molecule has 9 nitrogen and oxygen atoms in total. The van der Waals surface area contributed by atoms with Gasteiger partial charge in [-0.05, 0) is 6.92 Å². The molecule has 0 spiro atoms. The van der Waals surface area contributed by atoms with E-state index in [1.54, 1.807) is 0 Å². The molecule has 0 aliphatic rings. The fourth-order valence-corrected chi connectivity index (χ4v) is 2.68. The third-order valence-electron chi connectivity index (χ3n) is 3.58. The molecule has 27 heavy (non-hydrogen) atoms. The fourth-order valence-electron chi connectivity index (χ4n) is 2.19. The number of carbonyl (C=O) groups excluding carboxylic acids is 1. The minimum atomic E-state index is -3.52. The normalized spacial score (nSPS) is 11.2. The van der Waals surface area contributed by atoms with Gasteiger partial charge in [-0.2, -0.15) is 0 Å². The van der Waals surface area contributed by atoms with E-state index in [1.165, 1.54) is 18.6 Å². The Morgan fingerprint density at radius 2 is 1.67 bits per heavy atom. The Morgan fingerprint density at radius 1 is 1.04 bits per heavy atom. The van der Waals surface area contributed by atoms with Gasteiger partial charge in [0.15, 0.2) is 11.5 Å². The van der Waals surface area contributed by atoms with E-state index in [0.717, 1.165) is 17.4 Å². The van der Waals surface area contributed by atoms with Crippen molar-refractivity contribution >= 4 is 27.2 Å². The first kappa shape index (κ1) is 18.4. The summed E-state index contributed by atoms with van der Waals surface area (Å²) in [5, 5.41) is 2.19. The van der Waals surface area contributed by atoms with Gasteiger partial charge in [-0.25, -0.2) is 28.4 Å². The van der Waals surface area contributed by atoms with Crippen LogP contribution in [0.15, 0.2) is 48.0 Å². The second-order valence-electron chi connectivity index (χ2n) is 5.84. The Labute approximate surface area is 155 Å². The predicted molar refractivity (Wildman–Crippen MR) is 99.7 cm³/mol. The Hall–Kier alpha value is -3.40. The summed E-state index contributed by atoms with van der Waals surface area (Å²) in [7, 11) is -3.52. The van der Waals surface area contributed by atoms with Crippen molar-refractivity contribution in [3.63, 3.8) is 0 Å². The molecule has 3 aromatic rings. The van der Waals surface area contributed by atoms with Gasteiger partial charge in [0.2, 0.25) is 15.0 Å². The number of sulfone groups is 1. The van der Waals surface area contributed by atoms with Crippen molar-refractivity contribution in [2.45, 2.75) is 12.1 Å². The highest BCUT2D eigenvalue weighted by Gasteiger charge is 2.16. The number of benzene rings is 1. The lowest BCUT2D eigenvalue weighted by Crippen LogP contribution is -2.18. The molecule has 0 saturated carbocycles. The number of amides is 1. The Kier molecular flexibility index (Phi) is 4.82. The number of nitrogens with zero attached hydrogens (tertiary/aromatic N) is 4. The average molecular weight is 384 g/mol. The fraction of sp³-hybridized carbons (Fsp3) is 0.118. The number of hydrogen-bond donors (Lipinski definition) is 2. The van der Waals surface area contributed by atoms with Crippen molar-refractivity contribution in [2.75, 3.05) is 17.3 Å². The largest absolute Gasteiger partial charge is 0.382 e. The maximum atomic E-state index is 12.5. The Bertz CT molecular complexity index is 1100. The molecule has 1 aromatic carbocycles. The number of aryl methyl sites for hydroxylation is 1. The summed E-state index contributed by atoms with van der Waals surface area (Å²) in [6, 6.07) is 7.59. The topological polar surface area (TPSA) is 141 Å². The highest BCUT2D eigenvalue weighted by Crippen LogP contribution is 2.19. The van der Waals surface area contributed by atoms with Crippen molar-refractivity contribution in [3.05, 3.63) is 54.1 Å². The van der Waals surface area contributed by atoms with Crippen molar-refractivity contribution in [2.24, 2.45) is 0 Å². The monoisotopic (exact) mass is 384 g/mol. The Balaban J connectivity index is 1.86. The Morgan fingerprint density at radius 3 is 2.26 bits per heavy atom. The summed E-state index contributed by atoms with van der Waals surface area (Å²) < 4.78 is 22.8. The number of hydrogen-bond acceptors (Lipinski definition) is 8. The van der Waals surface area contributed by atoms with Crippen LogP contribution in [-0.2, 0) is 9.84 Å². The van der Waals surface area contributed by atoms with Crippen LogP contribution in [0.1, 0.15) is 16.1 Å². The zero-order valence-electron chi connectivity index (χ0n) is 14.5. The van der Waals surface area contributed by atoms with E-state index in [0.29, 0.717) is 5.69 Å². The van der Waals surface area contributed by atoms with Gasteiger partial charge in [-0.1, -0.05) is 29.8 Å². The van der Waals surface area contributed by atoms with E-state index in [9.17, 15) is 13.2 Å². The van der Waals surface area contributed by atoms with Crippen molar-refractivity contribution in [3.8, 4) is 11.3 Å². The SMILES string of the molecule is Cc1ccc(-c2cnc(N)c(C(=O)Nc3cnc(S(C)(=O)=O)nc3)n2)cc1. The van der Waals surface area contributed by atoms with Crippen LogP contribution in [0.3, 0.4) is 0 Å². The smallest absolute Gasteiger partial charge is 0.278 e. The molecule has 1 amide bonds. The lowest BCUT2D eigenvalue weighted by atomic mass is 10.1. The first-order valence-corrected chi connectivity index (χ1v) is 9.66. The van der Waals surface area contributed by atoms with Crippen molar-refractivity contribution in [1.82, 2.24) is 19.9 Å². The van der Waals surface area contributed by atoms with E-state index < -0.39 is 15.7 Å². The number of carbonyl (C=O) groups is 1. The molecule has 0 unspecified atom stereocenters. The van der Waals surface area contributed by atoms with E-state index in [1.807, 2.05) is 31.2 Å². The van der Waals surface area contributed by atoms with Gasteiger partial charge in [0.05, 0.1) is 30.0 Å². The summed E-state index contributed by atoms with van der Waals surface area (Å²) in [5.74, 6) is -0.637. The molecule has 10 heteroatoms. The third-order valence-corrected chi connectivity index (χ3v) is 4.45. The molecular formula is C17H16N6O3S. The van der Waals surface area contributed by atoms with Crippen LogP contribution in [0, 0.1) is 6.92 Å². The molecule has 0 bridgehead atoms. The average Bonchev–Trinajstić information content (AvgIpc) is 2.62. The van der Waals surface area contributed by atoms with Gasteiger partial charge in [0.1, 0.15) is 0 Å². The standard InChI is InChI=1S/C17H16N6O3S/c1-10-3-5-11(6-4-10)13-9-19-15(18)14(23-13)16(24)22-12-7-20-17(21-8-12)27(2,25)26/h3-9H,1-2H3,(H2,18,19)(H,22,24). The molecule has 3 rings (SSSR count). The lowest BCUT2D eigenvalue weighted by Gasteiger charge is -2.08. The number of nitrogens with one attached hydrogen (secondary N) is 1. The maximum absolute atomic E-state index is 12.5. The van der Waals surface area contributed by atoms with Gasteiger partial charge in [-0.3, -0.25) is 4.79 Å². The number of anilines is 2. The van der Waals surface area contributed by atoms with Gasteiger partial charge in [-0.15, -0.1) is 0 Å². The van der Waals surface area contributed by atoms with Crippen LogP contribution in [-0.4, -0.2) is 40.5 Å². The summed E-state index contributed by atoms with van der Waals surface area (Å²) in [4.78, 5) is 28.2. The van der Waals surface area contributed by atoms with Gasteiger partial charge >= 0.3 is 0 Å². The number of nitrogens with two attached hydrogens (primary N) is 1. The second-order valence-corrected chi connectivity index (χ2v) is 7.75. The van der Waals surface area contributed by atoms with Crippen LogP contribution >= 0.6 is 0 Å². The van der Waals surface area contributed by atoms with Crippen LogP contribution < -0.4 is 11.1 Å². The molecule has 0 aliphatic carbocycles. The molecule has 0 fully saturated rings. The maximum Gasteiger partial charge on any atom is 0.278 e. The van der Waals surface area contributed by atoms with Crippen LogP contribution in [0.2, 0.25) is 0 Å². The summed E-state index contributed by atoms with van der Waals surface area (Å²) in [6.45, 7) is 1.97.